The number of ether oxygens (including phenoxy) is 2. The van der Waals surface area contributed by atoms with Crippen molar-refractivity contribution in [2.24, 2.45) is 0 Å². The van der Waals surface area contributed by atoms with Crippen LogP contribution in [-0.4, -0.2) is 51.8 Å². The van der Waals surface area contributed by atoms with E-state index >= 15 is 0 Å². The van der Waals surface area contributed by atoms with E-state index in [2.05, 4.69) is 16.1 Å². The Morgan fingerprint density at radius 1 is 1.26 bits per heavy atom. The molecule has 7 nitrogen and oxygen atoms in total. The summed E-state index contributed by atoms with van der Waals surface area (Å²) in [5, 5.41) is 0. The zero-order valence-corrected chi connectivity index (χ0v) is 11.2. The summed E-state index contributed by atoms with van der Waals surface area (Å²) in [5.41, 5.74) is 0. The lowest BCUT2D eigenvalue weighted by Crippen LogP contribution is -2.38. The summed E-state index contributed by atoms with van der Waals surface area (Å²) >= 11 is 0. The van der Waals surface area contributed by atoms with E-state index in [1.165, 1.54) is 14.2 Å². The van der Waals surface area contributed by atoms with Gasteiger partial charge in [-0.25, -0.2) is 9.59 Å². The molecule has 0 spiro atoms. The normalized spacial score (nSPS) is 23.8. The van der Waals surface area contributed by atoms with E-state index in [1.807, 2.05) is 0 Å². The number of carbonyl (C=O) groups excluding carboxylic acids is 2. The van der Waals surface area contributed by atoms with Gasteiger partial charge in [0.2, 0.25) is 0 Å². The molecule has 1 rings (SSSR count). The van der Waals surface area contributed by atoms with E-state index in [0.717, 1.165) is 0 Å². The van der Waals surface area contributed by atoms with Gasteiger partial charge in [0, 0.05) is 6.10 Å². The van der Waals surface area contributed by atoms with Gasteiger partial charge < -0.3 is 23.4 Å². The lowest BCUT2D eigenvalue weighted by atomic mass is 10.2. The fraction of sp³-hybridized carbons (Fsp3) is 0.636. The summed E-state index contributed by atoms with van der Waals surface area (Å²) in [6.45, 7) is 5.36. The second-order valence-corrected chi connectivity index (χ2v) is 3.92. The second kappa shape index (κ2) is 7.27. The van der Waals surface area contributed by atoms with E-state index in [4.69, 9.17) is 14.0 Å². The van der Waals surface area contributed by atoms with Crippen molar-refractivity contribution in [1.29, 1.82) is 0 Å². The minimum Gasteiger partial charge on any atom is -0.467 e. The predicted octanol–water partition coefficient (Wildman–Crippen LogP) is 0.0825. The van der Waals surface area contributed by atoms with Gasteiger partial charge in [-0.1, -0.05) is 6.08 Å². The van der Waals surface area contributed by atoms with Gasteiger partial charge in [0.25, 0.3) is 0 Å². The third-order valence-corrected chi connectivity index (χ3v) is 2.50. The average Bonchev–Trinajstić information content (AvgIpc) is 2.80. The van der Waals surface area contributed by atoms with E-state index < -0.39 is 31.5 Å². The van der Waals surface area contributed by atoms with Crippen LogP contribution in [0.4, 0.5) is 0 Å². The van der Waals surface area contributed by atoms with Gasteiger partial charge in [-0.3, -0.25) is 0 Å². The molecule has 3 atom stereocenters. The maximum absolute atomic E-state index is 11.5. The van der Waals surface area contributed by atoms with Gasteiger partial charge in [-0.05, 0) is 13.3 Å². The molecule has 0 aromatic carbocycles. The van der Waals surface area contributed by atoms with Crippen molar-refractivity contribution in [3.63, 3.8) is 0 Å². The van der Waals surface area contributed by atoms with Gasteiger partial charge in [0.1, 0.15) is 0 Å². The molecule has 0 aromatic rings. The smallest absolute Gasteiger partial charge is 0.467 e. The molecule has 0 saturated carbocycles. The number of carbonyl (C=O) groups is 2. The molecule has 1 fully saturated rings. The van der Waals surface area contributed by atoms with Crippen molar-refractivity contribution >= 4 is 19.3 Å². The zero-order chi connectivity index (χ0) is 14.4. The van der Waals surface area contributed by atoms with E-state index in [-0.39, 0.29) is 6.10 Å². The molecule has 0 aromatic heterocycles. The molecule has 1 heterocycles. The number of esters is 2. The molecule has 0 N–H and O–H groups in total. The molecule has 1 aliphatic rings. The topological polar surface area (TPSA) is 80.3 Å². The molecule has 0 aliphatic carbocycles. The third kappa shape index (κ3) is 4.05. The van der Waals surface area contributed by atoms with E-state index in [1.54, 1.807) is 13.0 Å². The monoisotopic (exact) mass is 272 g/mol. The third-order valence-electron chi connectivity index (χ3n) is 2.50. The first-order chi connectivity index (χ1) is 9.03. The summed E-state index contributed by atoms with van der Waals surface area (Å²) in [6.07, 6.45) is -0.363. The van der Waals surface area contributed by atoms with Crippen LogP contribution in [0, 0.1) is 0 Å². The minimum absolute atomic E-state index is 0.225. The van der Waals surface area contributed by atoms with Crippen LogP contribution in [0.2, 0.25) is 0 Å². The highest BCUT2D eigenvalue weighted by Crippen LogP contribution is 2.21. The molecule has 0 bridgehead atoms. The second-order valence-electron chi connectivity index (χ2n) is 3.92. The molecule has 8 heteroatoms. The van der Waals surface area contributed by atoms with Crippen LogP contribution in [-0.2, 0) is 33.0 Å². The standard InChI is InChI=1S/C11H17BO7/c1-5-6-7(2)17-12-18-8(10(13)15-3)9(19-12)11(14)16-4/h5,7-9H,1,6H2,2-4H3/t7-,8+,9+/m0/s1. The van der Waals surface area contributed by atoms with Gasteiger partial charge >= 0.3 is 19.3 Å². The molecule has 1 aliphatic heterocycles. The fourth-order valence-electron chi connectivity index (χ4n) is 1.55. The van der Waals surface area contributed by atoms with Crippen LogP contribution in [0.1, 0.15) is 13.3 Å². The number of hydrogen-bond donors (Lipinski definition) is 0. The molecular weight excluding hydrogens is 255 g/mol. The molecule has 0 amide bonds. The van der Waals surface area contributed by atoms with Crippen molar-refractivity contribution in [3.8, 4) is 0 Å². The summed E-state index contributed by atoms with van der Waals surface area (Å²) in [6, 6.07) is 0. The first kappa shape index (κ1) is 15.7. The van der Waals surface area contributed by atoms with Crippen molar-refractivity contribution in [1.82, 2.24) is 0 Å². The van der Waals surface area contributed by atoms with Gasteiger partial charge in [-0.2, -0.15) is 0 Å². The number of methoxy groups -OCH3 is 2. The van der Waals surface area contributed by atoms with Crippen LogP contribution >= 0.6 is 0 Å². The maximum atomic E-state index is 11.5. The predicted molar refractivity (Wildman–Crippen MR) is 64.9 cm³/mol. The van der Waals surface area contributed by atoms with Crippen LogP contribution < -0.4 is 0 Å². The molecular formula is C11H17BO7. The average molecular weight is 272 g/mol. The van der Waals surface area contributed by atoms with Gasteiger partial charge in [0.05, 0.1) is 14.2 Å². The SMILES string of the molecule is C=CC[C@H](C)OB1O[C@@H](C(=O)OC)[C@H](C(=O)OC)O1. The fourth-order valence-corrected chi connectivity index (χ4v) is 1.55. The van der Waals surface area contributed by atoms with Crippen molar-refractivity contribution < 1.29 is 33.0 Å². The highest BCUT2D eigenvalue weighted by Gasteiger charge is 2.51. The maximum Gasteiger partial charge on any atom is 0.641 e. The Kier molecular flexibility index (Phi) is 6.00. The largest absolute Gasteiger partial charge is 0.641 e. The van der Waals surface area contributed by atoms with E-state index in [9.17, 15) is 9.59 Å². The Balaban J connectivity index is 2.68. The number of rotatable bonds is 6. The Morgan fingerprint density at radius 3 is 2.11 bits per heavy atom. The summed E-state index contributed by atoms with van der Waals surface area (Å²) in [4.78, 5) is 23.0. The highest BCUT2D eigenvalue weighted by atomic mass is 16.8. The van der Waals surface area contributed by atoms with Crippen LogP contribution in [0.3, 0.4) is 0 Å². The lowest BCUT2D eigenvalue weighted by Gasteiger charge is -2.12. The van der Waals surface area contributed by atoms with Crippen LogP contribution in [0.25, 0.3) is 0 Å². The quantitative estimate of drug-likeness (QED) is 0.385. The van der Waals surface area contributed by atoms with Crippen molar-refractivity contribution in [3.05, 3.63) is 12.7 Å². The molecule has 106 valence electrons. The Labute approximate surface area is 112 Å². The molecule has 19 heavy (non-hydrogen) atoms. The molecule has 0 radical (unpaired) electrons. The summed E-state index contributed by atoms with van der Waals surface area (Å²) in [7, 11) is 1.26. The van der Waals surface area contributed by atoms with Gasteiger partial charge in [-0.15, -0.1) is 6.58 Å². The van der Waals surface area contributed by atoms with Crippen molar-refractivity contribution in [2.45, 2.75) is 31.7 Å². The highest BCUT2D eigenvalue weighted by molar-refractivity contribution is 6.38. The Hall–Kier alpha value is -1.38. The zero-order valence-electron chi connectivity index (χ0n) is 11.2. The van der Waals surface area contributed by atoms with Gasteiger partial charge in [0.15, 0.2) is 12.2 Å². The molecule has 1 saturated heterocycles. The minimum atomic E-state index is -1.20. The molecule has 0 unspecified atom stereocenters. The Morgan fingerprint density at radius 2 is 1.74 bits per heavy atom. The Bertz CT molecular complexity index is 322. The van der Waals surface area contributed by atoms with Crippen LogP contribution in [0.5, 0.6) is 0 Å². The number of hydrogen-bond acceptors (Lipinski definition) is 7. The lowest BCUT2D eigenvalue weighted by molar-refractivity contribution is -0.160. The first-order valence-corrected chi connectivity index (χ1v) is 5.76. The van der Waals surface area contributed by atoms with Crippen molar-refractivity contribution in [2.75, 3.05) is 14.2 Å². The van der Waals surface area contributed by atoms with Crippen LogP contribution in [0.15, 0.2) is 12.7 Å². The first-order valence-electron chi connectivity index (χ1n) is 5.76. The van der Waals surface area contributed by atoms with E-state index in [0.29, 0.717) is 6.42 Å². The summed E-state index contributed by atoms with van der Waals surface area (Å²) < 4.78 is 24.9. The summed E-state index contributed by atoms with van der Waals surface area (Å²) in [5.74, 6) is -1.45.